The first-order valence-electron chi connectivity index (χ1n) is 5.09. The monoisotopic (exact) mass is 215 g/mol. The molecule has 0 radical (unpaired) electrons. The normalized spacial score (nSPS) is 10.1. The molecule has 0 saturated carbocycles. The van der Waals surface area contributed by atoms with Crippen LogP contribution in [0.2, 0.25) is 0 Å². The summed E-state index contributed by atoms with van der Waals surface area (Å²) in [6.07, 6.45) is 1.64. The SMILES string of the molecule is OCc1cccc(CNc2cccnn2)c1. The summed E-state index contributed by atoms with van der Waals surface area (Å²) in [5.41, 5.74) is 2.02. The van der Waals surface area contributed by atoms with Crippen molar-refractivity contribution < 1.29 is 5.11 Å². The Bertz CT molecular complexity index is 445. The van der Waals surface area contributed by atoms with E-state index in [9.17, 15) is 0 Å². The fraction of sp³-hybridized carbons (Fsp3) is 0.167. The average Bonchev–Trinajstić information content (AvgIpc) is 2.38. The van der Waals surface area contributed by atoms with Crippen molar-refractivity contribution in [3.8, 4) is 0 Å². The van der Waals surface area contributed by atoms with E-state index in [-0.39, 0.29) is 6.61 Å². The Labute approximate surface area is 94.0 Å². The Morgan fingerprint density at radius 1 is 1.12 bits per heavy atom. The summed E-state index contributed by atoms with van der Waals surface area (Å²) in [5.74, 6) is 0.747. The molecule has 0 amide bonds. The second-order valence-electron chi connectivity index (χ2n) is 3.44. The fourth-order valence-electron chi connectivity index (χ4n) is 1.43. The van der Waals surface area contributed by atoms with E-state index in [0.29, 0.717) is 6.54 Å². The fourth-order valence-corrected chi connectivity index (χ4v) is 1.43. The standard InChI is InChI=1S/C12H13N3O/c16-9-11-4-1-3-10(7-11)8-13-12-5-2-6-14-15-12/h1-7,16H,8-9H2,(H,13,15). The second-order valence-corrected chi connectivity index (χ2v) is 3.44. The summed E-state index contributed by atoms with van der Waals surface area (Å²) in [7, 11) is 0. The van der Waals surface area contributed by atoms with E-state index in [4.69, 9.17) is 5.11 Å². The maximum atomic E-state index is 9.00. The molecule has 2 N–H and O–H groups in total. The van der Waals surface area contributed by atoms with Gasteiger partial charge in [0, 0.05) is 12.7 Å². The predicted molar refractivity (Wildman–Crippen MR) is 61.7 cm³/mol. The molecule has 0 saturated heterocycles. The molecular weight excluding hydrogens is 202 g/mol. The third-order valence-electron chi connectivity index (χ3n) is 2.22. The van der Waals surface area contributed by atoms with Gasteiger partial charge in [0.2, 0.25) is 0 Å². The summed E-state index contributed by atoms with van der Waals surface area (Å²) in [6.45, 7) is 0.742. The van der Waals surface area contributed by atoms with Crippen LogP contribution in [0, 0.1) is 0 Å². The quantitative estimate of drug-likeness (QED) is 0.813. The van der Waals surface area contributed by atoms with Gasteiger partial charge in [-0.2, -0.15) is 5.10 Å². The number of rotatable bonds is 4. The van der Waals surface area contributed by atoms with Crippen LogP contribution in [0.4, 0.5) is 5.82 Å². The lowest BCUT2D eigenvalue weighted by Crippen LogP contribution is -2.02. The molecule has 1 heterocycles. The molecule has 4 heteroatoms. The summed E-state index contributed by atoms with van der Waals surface area (Å²) in [4.78, 5) is 0. The van der Waals surface area contributed by atoms with Crippen molar-refractivity contribution in [3.05, 3.63) is 53.7 Å². The number of nitrogens with one attached hydrogen (secondary N) is 1. The lowest BCUT2D eigenvalue weighted by molar-refractivity contribution is 0.281. The van der Waals surface area contributed by atoms with E-state index in [1.807, 2.05) is 36.4 Å². The molecule has 2 aromatic rings. The minimum absolute atomic E-state index is 0.0684. The zero-order valence-corrected chi connectivity index (χ0v) is 8.80. The molecule has 4 nitrogen and oxygen atoms in total. The van der Waals surface area contributed by atoms with Crippen LogP contribution >= 0.6 is 0 Å². The van der Waals surface area contributed by atoms with Gasteiger partial charge in [-0.05, 0) is 23.3 Å². The highest BCUT2D eigenvalue weighted by molar-refractivity contribution is 5.34. The highest BCUT2D eigenvalue weighted by atomic mass is 16.3. The lowest BCUT2D eigenvalue weighted by Gasteiger charge is -2.05. The van der Waals surface area contributed by atoms with Gasteiger partial charge in [0.1, 0.15) is 5.82 Å². The Morgan fingerprint density at radius 3 is 2.75 bits per heavy atom. The first-order chi connectivity index (χ1) is 7.88. The van der Waals surface area contributed by atoms with Gasteiger partial charge < -0.3 is 10.4 Å². The maximum Gasteiger partial charge on any atom is 0.148 e. The van der Waals surface area contributed by atoms with Crippen LogP contribution in [0.15, 0.2) is 42.6 Å². The van der Waals surface area contributed by atoms with E-state index in [1.54, 1.807) is 6.20 Å². The van der Waals surface area contributed by atoms with Crippen molar-refractivity contribution in [1.82, 2.24) is 10.2 Å². The molecule has 0 aliphatic rings. The molecule has 16 heavy (non-hydrogen) atoms. The van der Waals surface area contributed by atoms with Crippen LogP contribution in [0.25, 0.3) is 0 Å². The van der Waals surface area contributed by atoms with Crippen LogP contribution in [0.1, 0.15) is 11.1 Å². The van der Waals surface area contributed by atoms with E-state index in [1.165, 1.54) is 0 Å². The van der Waals surface area contributed by atoms with Crippen LogP contribution < -0.4 is 5.32 Å². The smallest absolute Gasteiger partial charge is 0.148 e. The largest absolute Gasteiger partial charge is 0.392 e. The summed E-state index contributed by atoms with van der Waals surface area (Å²) >= 11 is 0. The molecule has 82 valence electrons. The Kier molecular flexibility index (Phi) is 3.46. The number of anilines is 1. The molecule has 1 aromatic carbocycles. The Morgan fingerprint density at radius 2 is 2.00 bits per heavy atom. The minimum atomic E-state index is 0.0684. The van der Waals surface area contributed by atoms with E-state index >= 15 is 0 Å². The molecular formula is C12H13N3O. The van der Waals surface area contributed by atoms with Gasteiger partial charge in [-0.15, -0.1) is 5.10 Å². The van der Waals surface area contributed by atoms with Crippen molar-refractivity contribution >= 4 is 5.82 Å². The van der Waals surface area contributed by atoms with E-state index in [0.717, 1.165) is 16.9 Å². The van der Waals surface area contributed by atoms with Crippen molar-refractivity contribution in [2.75, 3.05) is 5.32 Å². The maximum absolute atomic E-state index is 9.00. The van der Waals surface area contributed by atoms with Gasteiger partial charge in [0.05, 0.1) is 6.61 Å². The highest BCUT2D eigenvalue weighted by Crippen LogP contribution is 2.07. The number of hydrogen-bond acceptors (Lipinski definition) is 4. The van der Waals surface area contributed by atoms with E-state index in [2.05, 4.69) is 15.5 Å². The van der Waals surface area contributed by atoms with Gasteiger partial charge in [-0.3, -0.25) is 0 Å². The molecule has 0 fully saturated rings. The number of benzene rings is 1. The van der Waals surface area contributed by atoms with Crippen LogP contribution in [-0.2, 0) is 13.2 Å². The Balaban J connectivity index is 1.99. The number of aliphatic hydroxyl groups is 1. The molecule has 0 bridgehead atoms. The number of aliphatic hydroxyl groups excluding tert-OH is 1. The highest BCUT2D eigenvalue weighted by Gasteiger charge is 1.96. The van der Waals surface area contributed by atoms with Crippen molar-refractivity contribution in [3.63, 3.8) is 0 Å². The molecule has 2 rings (SSSR count). The number of aromatic nitrogens is 2. The summed E-state index contributed by atoms with van der Waals surface area (Å²) in [5, 5.41) is 19.9. The van der Waals surface area contributed by atoms with Gasteiger partial charge in [-0.25, -0.2) is 0 Å². The predicted octanol–water partition coefficient (Wildman–Crippen LogP) is 1.58. The minimum Gasteiger partial charge on any atom is -0.392 e. The zero-order valence-electron chi connectivity index (χ0n) is 8.80. The second kappa shape index (κ2) is 5.23. The molecule has 0 aliphatic heterocycles. The number of hydrogen-bond donors (Lipinski definition) is 2. The first kappa shape index (κ1) is 10.6. The van der Waals surface area contributed by atoms with Gasteiger partial charge in [0.25, 0.3) is 0 Å². The third-order valence-corrected chi connectivity index (χ3v) is 2.22. The van der Waals surface area contributed by atoms with Crippen molar-refractivity contribution in [2.45, 2.75) is 13.2 Å². The average molecular weight is 215 g/mol. The number of nitrogens with zero attached hydrogens (tertiary/aromatic N) is 2. The van der Waals surface area contributed by atoms with E-state index < -0.39 is 0 Å². The lowest BCUT2D eigenvalue weighted by atomic mass is 10.1. The van der Waals surface area contributed by atoms with Crippen molar-refractivity contribution in [1.29, 1.82) is 0 Å². The van der Waals surface area contributed by atoms with Gasteiger partial charge in [-0.1, -0.05) is 24.3 Å². The molecule has 1 aromatic heterocycles. The summed E-state index contributed by atoms with van der Waals surface area (Å²) in [6, 6.07) is 11.5. The Hall–Kier alpha value is -1.94. The van der Waals surface area contributed by atoms with Crippen LogP contribution in [-0.4, -0.2) is 15.3 Å². The van der Waals surface area contributed by atoms with Gasteiger partial charge >= 0.3 is 0 Å². The topological polar surface area (TPSA) is 58.0 Å². The molecule has 0 atom stereocenters. The van der Waals surface area contributed by atoms with Crippen molar-refractivity contribution in [2.24, 2.45) is 0 Å². The molecule has 0 spiro atoms. The third kappa shape index (κ3) is 2.77. The molecule has 0 unspecified atom stereocenters. The summed E-state index contributed by atoms with van der Waals surface area (Å²) < 4.78 is 0. The van der Waals surface area contributed by atoms with Gasteiger partial charge in [0.15, 0.2) is 0 Å². The first-order valence-corrected chi connectivity index (χ1v) is 5.09. The molecule has 0 aliphatic carbocycles. The van der Waals surface area contributed by atoms with Crippen LogP contribution in [0.3, 0.4) is 0 Å². The zero-order chi connectivity index (χ0) is 11.2. The van der Waals surface area contributed by atoms with Crippen LogP contribution in [0.5, 0.6) is 0 Å².